The highest BCUT2D eigenvalue weighted by Crippen LogP contribution is 2.13. The number of hydrogen-bond acceptors (Lipinski definition) is 4. The number of hydrogen-bond donors (Lipinski definition) is 1. The van der Waals surface area contributed by atoms with E-state index in [9.17, 15) is 4.79 Å². The maximum Gasteiger partial charge on any atom is 0.251 e. The van der Waals surface area contributed by atoms with Gasteiger partial charge in [0.25, 0.3) is 5.91 Å². The summed E-state index contributed by atoms with van der Waals surface area (Å²) in [4.78, 5) is 21.0. The monoisotopic (exact) mass is 304 g/mol. The van der Waals surface area contributed by atoms with Crippen LogP contribution < -0.4 is 5.32 Å². The van der Waals surface area contributed by atoms with Crippen molar-refractivity contribution in [3.8, 4) is 0 Å². The number of nitrogens with zero attached hydrogens (tertiary/aromatic N) is 3. The van der Waals surface area contributed by atoms with Crippen molar-refractivity contribution >= 4 is 5.91 Å². The quantitative estimate of drug-likeness (QED) is 0.865. The van der Waals surface area contributed by atoms with Gasteiger partial charge in [0.05, 0.1) is 0 Å². The number of carbonyl (C=O) groups is 1. The molecule has 1 amide bonds. The van der Waals surface area contributed by atoms with E-state index in [-0.39, 0.29) is 5.91 Å². The Bertz CT molecular complexity index is 455. The molecule has 1 N–H and O–H groups in total. The molecule has 0 radical (unpaired) electrons. The number of aromatic nitrogens is 1. The zero-order valence-electron chi connectivity index (χ0n) is 14.0. The Labute approximate surface area is 133 Å². The van der Waals surface area contributed by atoms with Crippen LogP contribution >= 0.6 is 0 Å². The van der Waals surface area contributed by atoms with E-state index in [0.717, 1.165) is 32.6 Å². The SMILES string of the molecule is CC(C)CC(CNC(=O)c1ccncc1)N1CCN(C)CC1. The Morgan fingerprint density at radius 2 is 1.86 bits per heavy atom. The summed E-state index contributed by atoms with van der Waals surface area (Å²) >= 11 is 0. The summed E-state index contributed by atoms with van der Waals surface area (Å²) < 4.78 is 0. The Hall–Kier alpha value is -1.46. The smallest absolute Gasteiger partial charge is 0.251 e. The van der Waals surface area contributed by atoms with Crippen LogP contribution in [0.15, 0.2) is 24.5 Å². The maximum absolute atomic E-state index is 12.2. The summed E-state index contributed by atoms with van der Waals surface area (Å²) in [5, 5.41) is 3.09. The van der Waals surface area contributed by atoms with Crippen LogP contribution in [0.4, 0.5) is 0 Å². The number of nitrogens with one attached hydrogen (secondary N) is 1. The van der Waals surface area contributed by atoms with Crippen LogP contribution in [-0.2, 0) is 0 Å². The van der Waals surface area contributed by atoms with E-state index in [1.54, 1.807) is 24.5 Å². The fourth-order valence-corrected chi connectivity index (χ4v) is 2.91. The predicted octanol–water partition coefficient (Wildman–Crippen LogP) is 1.47. The first-order valence-electron chi connectivity index (χ1n) is 8.17. The maximum atomic E-state index is 12.2. The first-order chi connectivity index (χ1) is 10.6. The molecular formula is C17H28N4O. The molecule has 1 aromatic heterocycles. The van der Waals surface area contributed by atoms with Gasteiger partial charge in [-0.2, -0.15) is 0 Å². The summed E-state index contributed by atoms with van der Waals surface area (Å²) in [6.07, 6.45) is 4.42. The van der Waals surface area contributed by atoms with Crippen LogP contribution in [0.5, 0.6) is 0 Å². The molecule has 1 saturated heterocycles. The van der Waals surface area contributed by atoms with Crippen molar-refractivity contribution in [1.82, 2.24) is 20.1 Å². The minimum absolute atomic E-state index is 0.00900. The van der Waals surface area contributed by atoms with Crippen LogP contribution in [0.25, 0.3) is 0 Å². The Morgan fingerprint density at radius 1 is 1.23 bits per heavy atom. The molecule has 2 heterocycles. The van der Waals surface area contributed by atoms with Gasteiger partial charge in [-0.05, 0) is 31.5 Å². The number of likely N-dealkylation sites (N-methyl/N-ethyl adjacent to an activating group) is 1. The van der Waals surface area contributed by atoms with E-state index in [1.165, 1.54) is 0 Å². The van der Waals surface area contributed by atoms with Crippen molar-refractivity contribution in [3.05, 3.63) is 30.1 Å². The third kappa shape index (κ3) is 5.07. The fourth-order valence-electron chi connectivity index (χ4n) is 2.91. The third-order valence-electron chi connectivity index (χ3n) is 4.24. The molecule has 1 aromatic rings. The summed E-state index contributed by atoms with van der Waals surface area (Å²) in [7, 11) is 2.17. The average molecular weight is 304 g/mol. The zero-order chi connectivity index (χ0) is 15.9. The van der Waals surface area contributed by atoms with E-state index >= 15 is 0 Å². The second-order valence-corrected chi connectivity index (χ2v) is 6.57. The molecule has 5 nitrogen and oxygen atoms in total. The second-order valence-electron chi connectivity index (χ2n) is 6.57. The highest BCUT2D eigenvalue weighted by Gasteiger charge is 2.23. The molecule has 5 heteroatoms. The minimum atomic E-state index is -0.00900. The lowest BCUT2D eigenvalue weighted by Crippen LogP contribution is -2.52. The van der Waals surface area contributed by atoms with E-state index < -0.39 is 0 Å². The first kappa shape index (κ1) is 16.9. The molecule has 0 saturated carbocycles. The van der Waals surface area contributed by atoms with Gasteiger partial charge in [-0.25, -0.2) is 0 Å². The molecule has 0 aliphatic carbocycles. The molecule has 122 valence electrons. The van der Waals surface area contributed by atoms with Crippen LogP contribution in [0.2, 0.25) is 0 Å². The molecular weight excluding hydrogens is 276 g/mol. The van der Waals surface area contributed by atoms with Gasteiger partial charge in [-0.15, -0.1) is 0 Å². The standard InChI is InChI=1S/C17H28N4O/c1-14(2)12-16(21-10-8-20(3)9-11-21)13-19-17(22)15-4-6-18-7-5-15/h4-7,14,16H,8-13H2,1-3H3,(H,19,22). The van der Waals surface area contributed by atoms with Crippen molar-refractivity contribution in [1.29, 1.82) is 0 Å². The summed E-state index contributed by atoms with van der Waals surface area (Å²) in [6.45, 7) is 9.57. The summed E-state index contributed by atoms with van der Waals surface area (Å²) in [5.74, 6) is 0.618. The van der Waals surface area contributed by atoms with Crippen molar-refractivity contribution in [3.63, 3.8) is 0 Å². The third-order valence-corrected chi connectivity index (χ3v) is 4.24. The molecule has 0 bridgehead atoms. The highest BCUT2D eigenvalue weighted by molar-refractivity contribution is 5.93. The molecule has 1 atom stereocenters. The largest absolute Gasteiger partial charge is 0.350 e. The molecule has 2 rings (SSSR count). The van der Waals surface area contributed by atoms with Gasteiger partial charge < -0.3 is 10.2 Å². The Kier molecular flexibility index (Phi) is 6.34. The van der Waals surface area contributed by atoms with Crippen molar-refractivity contribution in [2.75, 3.05) is 39.8 Å². The first-order valence-corrected chi connectivity index (χ1v) is 8.17. The van der Waals surface area contributed by atoms with Gasteiger partial charge in [-0.1, -0.05) is 13.8 Å². The number of amides is 1. The molecule has 22 heavy (non-hydrogen) atoms. The second kappa shape index (κ2) is 8.25. The van der Waals surface area contributed by atoms with E-state index in [1.807, 2.05) is 0 Å². The van der Waals surface area contributed by atoms with Crippen molar-refractivity contribution < 1.29 is 4.79 Å². The normalized spacial score (nSPS) is 18.4. The average Bonchev–Trinajstić information content (AvgIpc) is 2.52. The topological polar surface area (TPSA) is 48.5 Å². The van der Waals surface area contributed by atoms with E-state index in [0.29, 0.717) is 24.1 Å². The van der Waals surface area contributed by atoms with Crippen molar-refractivity contribution in [2.24, 2.45) is 5.92 Å². The lowest BCUT2D eigenvalue weighted by molar-refractivity contribution is 0.0850. The van der Waals surface area contributed by atoms with Crippen molar-refractivity contribution in [2.45, 2.75) is 26.3 Å². The lowest BCUT2D eigenvalue weighted by atomic mass is 10.0. The molecule has 1 fully saturated rings. The predicted molar refractivity (Wildman–Crippen MR) is 88.9 cm³/mol. The zero-order valence-corrected chi connectivity index (χ0v) is 14.0. The molecule has 1 aliphatic rings. The van der Waals surface area contributed by atoms with Gasteiger partial charge in [0, 0.05) is 56.7 Å². The number of carbonyl (C=O) groups excluding carboxylic acids is 1. The van der Waals surface area contributed by atoms with Crippen LogP contribution in [0.3, 0.4) is 0 Å². The van der Waals surface area contributed by atoms with Crippen LogP contribution in [0, 0.1) is 5.92 Å². The van der Waals surface area contributed by atoms with Gasteiger partial charge in [0.1, 0.15) is 0 Å². The van der Waals surface area contributed by atoms with Gasteiger partial charge in [0.2, 0.25) is 0 Å². The highest BCUT2D eigenvalue weighted by atomic mass is 16.1. The van der Waals surface area contributed by atoms with Gasteiger partial charge in [-0.3, -0.25) is 14.7 Å². The van der Waals surface area contributed by atoms with Crippen LogP contribution in [-0.4, -0.2) is 66.5 Å². The minimum Gasteiger partial charge on any atom is -0.350 e. The summed E-state index contributed by atoms with van der Waals surface area (Å²) in [5.41, 5.74) is 0.677. The molecule has 0 spiro atoms. The number of rotatable bonds is 6. The molecule has 1 unspecified atom stereocenters. The Balaban J connectivity index is 1.90. The number of pyridine rings is 1. The number of piperazine rings is 1. The van der Waals surface area contributed by atoms with Gasteiger partial charge >= 0.3 is 0 Å². The fraction of sp³-hybridized carbons (Fsp3) is 0.647. The summed E-state index contributed by atoms with van der Waals surface area (Å²) in [6, 6.07) is 3.92. The molecule has 0 aromatic carbocycles. The Morgan fingerprint density at radius 3 is 2.45 bits per heavy atom. The van der Waals surface area contributed by atoms with E-state index in [4.69, 9.17) is 0 Å². The van der Waals surface area contributed by atoms with Gasteiger partial charge in [0.15, 0.2) is 0 Å². The van der Waals surface area contributed by atoms with Crippen LogP contribution in [0.1, 0.15) is 30.6 Å². The van der Waals surface area contributed by atoms with E-state index in [2.05, 4.69) is 41.0 Å². The molecule has 1 aliphatic heterocycles. The lowest BCUT2D eigenvalue weighted by Gasteiger charge is -2.38.